The highest BCUT2D eigenvalue weighted by Gasteiger charge is 2.37. The molecule has 0 radical (unpaired) electrons. The van der Waals surface area contributed by atoms with Gasteiger partial charge in [-0.05, 0) is 52.3 Å². The largest absolute Gasteiger partial charge is 0.332 e. The molecule has 0 N–H and O–H groups in total. The normalized spacial score (nSPS) is 21.8. The summed E-state index contributed by atoms with van der Waals surface area (Å²) in [6.45, 7) is 0. The molecule has 0 fully saturated rings. The van der Waals surface area contributed by atoms with Gasteiger partial charge >= 0.3 is 0 Å². The average molecular weight is 459 g/mol. The second-order valence-electron chi connectivity index (χ2n) is 10.9. The number of aromatic nitrogens is 2. The molecule has 3 atom stereocenters. The lowest BCUT2D eigenvalue weighted by atomic mass is 9.84. The Balaban J connectivity index is 1.28. The number of hydrogen-bond donors (Lipinski definition) is 0. The van der Waals surface area contributed by atoms with E-state index in [-0.39, 0.29) is 0 Å². The van der Waals surface area contributed by atoms with Crippen LogP contribution in [0.1, 0.15) is 46.7 Å². The van der Waals surface area contributed by atoms with Gasteiger partial charge in [0, 0.05) is 44.8 Å². The van der Waals surface area contributed by atoms with E-state index in [4.69, 9.17) is 0 Å². The maximum atomic E-state index is 2.61. The number of nitrogens with zero attached hydrogens (tertiary/aromatic N) is 2. The lowest BCUT2D eigenvalue weighted by molar-refractivity contribution is 0.664. The Morgan fingerprint density at radius 2 is 1.50 bits per heavy atom. The average Bonchev–Trinajstić information content (AvgIpc) is 3.64. The van der Waals surface area contributed by atoms with E-state index in [1.54, 1.807) is 0 Å². The van der Waals surface area contributed by atoms with Crippen LogP contribution >= 0.6 is 0 Å². The molecule has 2 heteroatoms. The van der Waals surface area contributed by atoms with E-state index in [0.717, 1.165) is 6.42 Å². The number of allylic oxidation sites excluding steroid dienone is 1. The van der Waals surface area contributed by atoms with Gasteiger partial charge in [-0.25, -0.2) is 0 Å². The second-order valence-corrected chi connectivity index (χ2v) is 10.9. The summed E-state index contributed by atoms with van der Waals surface area (Å²) in [7, 11) is 0. The lowest BCUT2D eigenvalue weighted by Gasteiger charge is -2.22. The maximum Gasteiger partial charge on any atom is 0.0636 e. The molecule has 3 unspecified atom stereocenters. The van der Waals surface area contributed by atoms with Crippen LogP contribution in [0.2, 0.25) is 0 Å². The first-order valence-corrected chi connectivity index (χ1v) is 13.1. The topological polar surface area (TPSA) is 9.86 Å². The highest BCUT2D eigenvalue weighted by atomic mass is 15.1. The minimum Gasteiger partial charge on any atom is -0.332 e. The van der Waals surface area contributed by atoms with Crippen molar-refractivity contribution in [2.45, 2.75) is 24.3 Å². The molecule has 2 aromatic heterocycles. The van der Waals surface area contributed by atoms with Crippen LogP contribution in [-0.4, -0.2) is 9.13 Å². The van der Waals surface area contributed by atoms with Crippen molar-refractivity contribution in [2.24, 2.45) is 0 Å². The summed E-state index contributed by atoms with van der Waals surface area (Å²) in [5, 5.41) is 6.89. The summed E-state index contributed by atoms with van der Waals surface area (Å²) in [6, 6.07) is 30.0. The van der Waals surface area contributed by atoms with E-state index >= 15 is 0 Å². The molecule has 6 aromatic rings. The van der Waals surface area contributed by atoms with Crippen molar-refractivity contribution < 1.29 is 0 Å². The van der Waals surface area contributed by atoms with Gasteiger partial charge in [-0.2, -0.15) is 0 Å². The quantitative estimate of drug-likeness (QED) is 0.245. The third-order valence-corrected chi connectivity index (χ3v) is 9.28. The van der Waals surface area contributed by atoms with E-state index < -0.39 is 0 Å². The molecule has 0 saturated heterocycles. The first-order chi connectivity index (χ1) is 17.9. The molecule has 2 aliphatic heterocycles. The van der Waals surface area contributed by atoms with Crippen LogP contribution in [0.4, 0.5) is 0 Å². The minimum atomic E-state index is 0.332. The van der Waals surface area contributed by atoms with Crippen molar-refractivity contribution in [1.82, 2.24) is 9.13 Å². The molecule has 0 amide bonds. The van der Waals surface area contributed by atoms with Crippen LogP contribution in [0.3, 0.4) is 0 Å². The van der Waals surface area contributed by atoms with E-state index in [1.807, 2.05) is 0 Å². The predicted molar refractivity (Wildman–Crippen MR) is 148 cm³/mol. The van der Waals surface area contributed by atoms with Gasteiger partial charge in [0.15, 0.2) is 0 Å². The van der Waals surface area contributed by atoms with E-state index in [0.29, 0.717) is 17.9 Å². The van der Waals surface area contributed by atoms with Crippen LogP contribution in [0.15, 0.2) is 84.9 Å². The van der Waals surface area contributed by atoms with Crippen LogP contribution in [0.25, 0.3) is 56.6 Å². The third kappa shape index (κ3) is 1.89. The fourth-order valence-electron chi connectivity index (χ4n) is 7.92. The molecule has 10 rings (SSSR count). The first-order valence-electron chi connectivity index (χ1n) is 13.1. The molecule has 168 valence electrons. The Morgan fingerprint density at radius 3 is 2.44 bits per heavy atom. The zero-order chi connectivity index (χ0) is 23.1. The molecule has 4 aromatic carbocycles. The highest BCUT2D eigenvalue weighted by Crippen LogP contribution is 2.50. The van der Waals surface area contributed by atoms with E-state index in [9.17, 15) is 0 Å². The van der Waals surface area contributed by atoms with Crippen LogP contribution in [0, 0.1) is 0 Å². The minimum absolute atomic E-state index is 0.332. The standard InChI is InChI=1S/C34H22N2/c1-3-13-29-21(7-1)23-9-5-11-25-27-15-20-18-32-28(16-19(20)17-31(27)35(29)33(23)25)26-12-6-10-24-22-8-2-4-14-30(22)36(32)34(24)26/h1-11,13-18,26-27,31H,12H2. The summed E-state index contributed by atoms with van der Waals surface area (Å²) < 4.78 is 5.16. The van der Waals surface area contributed by atoms with Crippen molar-refractivity contribution in [2.75, 3.05) is 0 Å². The smallest absolute Gasteiger partial charge is 0.0636 e. The summed E-state index contributed by atoms with van der Waals surface area (Å²) >= 11 is 0. The summed E-state index contributed by atoms with van der Waals surface area (Å²) in [6.07, 6.45) is 10.9. The van der Waals surface area contributed by atoms with Crippen molar-refractivity contribution in [3.8, 4) is 5.69 Å². The third-order valence-electron chi connectivity index (χ3n) is 9.28. The van der Waals surface area contributed by atoms with E-state index in [1.165, 1.54) is 71.2 Å². The second kappa shape index (κ2) is 5.91. The number of rotatable bonds is 0. The SMILES string of the molecule is C1=Cc2c3n(c4ccccc24)-c2cc4c(cc2C3C1)=CC1C(C=4)c2cccc3c4ccccc4n1c23. The Labute approximate surface area is 207 Å². The van der Waals surface area contributed by atoms with Gasteiger partial charge in [-0.1, -0.05) is 78.9 Å². The maximum absolute atomic E-state index is 2.61. The number of benzene rings is 4. The molecule has 0 saturated carbocycles. The lowest BCUT2D eigenvalue weighted by Crippen LogP contribution is -2.32. The van der Waals surface area contributed by atoms with Crippen molar-refractivity contribution in [3.05, 3.63) is 118 Å². The van der Waals surface area contributed by atoms with Gasteiger partial charge in [-0.3, -0.25) is 0 Å². The molecule has 36 heavy (non-hydrogen) atoms. The van der Waals surface area contributed by atoms with Gasteiger partial charge in [0.2, 0.25) is 0 Å². The van der Waals surface area contributed by atoms with Crippen molar-refractivity contribution in [3.63, 3.8) is 0 Å². The summed E-state index contributed by atoms with van der Waals surface area (Å²) in [5.41, 5.74) is 11.3. The summed E-state index contributed by atoms with van der Waals surface area (Å²) in [4.78, 5) is 0. The number of para-hydroxylation sites is 3. The monoisotopic (exact) mass is 458 g/mol. The van der Waals surface area contributed by atoms with Crippen molar-refractivity contribution >= 4 is 50.9 Å². The van der Waals surface area contributed by atoms with Gasteiger partial charge in [0.05, 0.1) is 22.8 Å². The van der Waals surface area contributed by atoms with Crippen LogP contribution in [-0.2, 0) is 0 Å². The van der Waals surface area contributed by atoms with Crippen LogP contribution in [0.5, 0.6) is 0 Å². The van der Waals surface area contributed by atoms with E-state index in [2.05, 4.69) is 112 Å². The molecule has 0 spiro atoms. The van der Waals surface area contributed by atoms with Crippen LogP contribution < -0.4 is 10.4 Å². The molecular weight excluding hydrogens is 436 g/mol. The molecule has 0 bridgehead atoms. The molecule has 2 aliphatic carbocycles. The number of hydrogen-bond acceptors (Lipinski definition) is 0. The van der Waals surface area contributed by atoms with Gasteiger partial charge < -0.3 is 9.13 Å². The zero-order valence-corrected chi connectivity index (χ0v) is 19.6. The summed E-state index contributed by atoms with van der Waals surface area (Å²) in [5.74, 6) is 0.827. The van der Waals surface area contributed by atoms with Gasteiger partial charge in [-0.15, -0.1) is 0 Å². The Morgan fingerprint density at radius 1 is 0.694 bits per heavy atom. The Hall–Kier alpha value is -4.30. The van der Waals surface area contributed by atoms with Gasteiger partial charge in [0.25, 0.3) is 0 Å². The fraction of sp³-hybridized carbons (Fsp3) is 0.118. The Kier molecular flexibility index (Phi) is 2.96. The molecule has 4 aliphatic rings. The van der Waals surface area contributed by atoms with Crippen molar-refractivity contribution in [1.29, 1.82) is 0 Å². The number of fused-ring (bicyclic) bond motifs is 13. The Bertz CT molecular complexity index is 2150. The zero-order valence-electron chi connectivity index (χ0n) is 19.6. The fourth-order valence-corrected chi connectivity index (χ4v) is 7.92. The van der Waals surface area contributed by atoms with Gasteiger partial charge in [0.1, 0.15) is 0 Å². The molecular formula is C34H22N2. The molecule has 4 heterocycles. The highest BCUT2D eigenvalue weighted by molar-refractivity contribution is 6.11. The predicted octanol–water partition coefficient (Wildman–Crippen LogP) is 6.51. The first kappa shape index (κ1) is 18.0. The molecule has 2 nitrogen and oxygen atoms in total.